The fourth-order valence-electron chi connectivity index (χ4n) is 2.28. The highest BCUT2D eigenvalue weighted by Gasteiger charge is 2.21. The van der Waals surface area contributed by atoms with Crippen molar-refractivity contribution in [3.8, 4) is 0 Å². The Morgan fingerprint density at radius 2 is 1.55 bits per heavy atom. The van der Waals surface area contributed by atoms with Crippen molar-refractivity contribution in [1.82, 2.24) is 0 Å². The maximum Gasteiger partial charge on any atom is 0.220 e. The number of carbonyl (C=O) groups excluding carboxylic acids is 1. The smallest absolute Gasteiger partial charge is 0.220 e. The van der Waals surface area contributed by atoms with Crippen molar-refractivity contribution >= 4 is 5.91 Å². The maximum atomic E-state index is 11.6. The number of benzene rings is 2. The van der Waals surface area contributed by atoms with Crippen LogP contribution < -0.4 is 5.73 Å². The second kappa shape index (κ2) is 6.87. The van der Waals surface area contributed by atoms with Gasteiger partial charge in [0.25, 0.3) is 0 Å². The number of hydrogen-bond donors (Lipinski definition) is 2. The van der Waals surface area contributed by atoms with E-state index in [1.54, 1.807) is 0 Å². The maximum absolute atomic E-state index is 11.6. The van der Waals surface area contributed by atoms with Crippen molar-refractivity contribution in [2.24, 2.45) is 11.7 Å². The van der Waals surface area contributed by atoms with Gasteiger partial charge in [-0.1, -0.05) is 60.7 Å². The van der Waals surface area contributed by atoms with Gasteiger partial charge in [0, 0.05) is 5.92 Å². The van der Waals surface area contributed by atoms with Crippen molar-refractivity contribution in [2.45, 2.75) is 18.9 Å². The molecule has 104 valence electrons. The standard InChI is InChI=1S/C17H19NO2/c18-17(20)15(11-13-7-3-1-4-8-13)12-16(19)14-9-5-2-6-10-14/h1-10,15-16,19H,11-12H2,(H2,18,20). The Morgan fingerprint density at radius 1 is 1.00 bits per heavy atom. The summed E-state index contributed by atoms with van der Waals surface area (Å²) in [4.78, 5) is 11.6. The van der Waals surface area contributed by atoms with Gasteiger partial charge in [0.05, 0.1) is 6.10 Å². The Morgan fingerprint density at radius 3 is 2.10 bits per heavy atom. The van der Waals surface area contributed by atoms with Gasteiger partial charge in [0.15, 0.2) is 0 Å². The Balaban J connectivity index is 2.05. The molecule has 2 rings (SSSR count). The number of carbonyl (C=O) groups is 1. The van der Waals surface area contributed by atoms with Gasteiger partial charge in [-0.3, -0.25) is 4.79 Å². The molecule has 2 atom stereocenters. The molecule has 2 aromatic carbocycles. The molecule has 2 unspecified atom stereocenters. The lowest BCUT2D eigenvalue weighted by atomic mass is 9.91. The molecule has 0 aliphatic carbocycles. The fourth-order valence-corrected chi connectivity index (χ4v) is 2.28. The Kier molecular flexibility index (Phi) is 4.91. The van der Waals surface area contributed by atoms with E-state index in [0.29, 0.717) is 12.8 Å². The zero-order valence-corrected chi connectivity index (χ0v) is 11.3. The molecular weight excluding hydrogens is 250 g/mol. The summed E-state index contributed by atoms with van der Waals surface area (Å²) >= 11 is 0. The van der Waals surface area contributed by atoms with E-state index in [1.165, 1.54) is 0 Å². The topological polar surface area (TPSA) is 63.3 Å². The lowest BCUT2D eigenvalue weighted by Gasteiger charge is -2.18. The lowest BCUT2D eigenvalue weighted by Crippen LogP contribution is -2.27. The van der Waals surface area contributed by atoms with Crippen LogP contribution in [-0.2, 0) is 11.2 Å². The van der Waals surface area contributed by atoms with Crippen LogP contribution in [0.5, 0.6) is 0 Å². The van der Waals surface area contributed by atoms with Crippen molar-refractivity contribution in [2.75, 3.05) is 0 Å². The van der Waals surface area contributed by atoms with Crippen LogP contribution >= 0.6 is 0 Å². The van der Waals surface area contributed by atoms with Gasteiger partial charge in [0.2, 0.25) is 5.91 Å². The SMILES string of the molecule is NC(=O)C(Cc1ccccc1)CC(O)c1ccccc1. The Bertz CT molecular complexity index is 539. The molecule has 0 saturated carbocycles. The molecule has 0 aromatic heterocycles. The zero-order valence-electron chi connectivity index (χ0n) is 11.3. The number of rotatable bonds is 6. The quantitative estimate of drug-likeness (QED) is 0.846. The third-order valence-corrected chi connectivity index (χ3v) is 3.42. The molecule has 3 N–H and O–H groups in total. The van der Waals surface area contributed by atoms with E-state index in [9.17, 15) is 9.90 Å². The monoisotopic (exact) mass is 269 g/mol. The normalized spacial score (nSPS) is 13.7. The van der Waals surface area contributed by atoms with Crippen molar-refractivity contribution in [3.05, 3.63) is 71.8 Å². The van der Waals surface area contributed by atoms with E-state index in [4.69, 9.17) is 5.73 Å². The number of aliphatic hydroxyl groups excluding tert-OH is 1. The molecule has 0 aliphatic rings. The highest BCUT2D eigenvalue weighted by molar-refractivity contribution is 5.77. The van der Waals surface area contributed by atoms with Crippen LogP contribution in [0.1, 0.15) is 23.7 Å². The zero-order chi connectivity index (χ0) is 14.4. The van der Waals surface area contributed by atoms with E-state index in [1.807, 2.05) is 60.7 Å². The van der Waals surface area contributed by atoms with Gasteiger partial charge in [-0.2, -0.15) is 0 Å². The minimum atomic E-state index is -0.669. The molecule has 3 heteroatoms. The summed E-state index contributed by atoms with van der Waals surface area (Å²) in [7, 11) is 0. The van der Waals surface area contributed by atoms with Gasteiger partial charge in [-0.05, 0) is 24.0 Å². The van der Waals surface area contributed by atoms with Gasteiger partial charge < -0.3 is 10.8 Å². The molecule has 3 nitrogen and oxygen atoms in total. The molecule has 2 aromatic rings. The largest absolute Gasteiger partial charge is 0.388 e. The molecule has 0 heterocycles. The molecule has 0 fully saturated rings. The first-order valence-electron chi connectivity index (χ1n) is 6.73. The molecule has 0 bridgehead atoms. The summed E-state index contributed by atoms with van der Waals surface area (Å²) < 4.78 is 0. The van der Waals surface area contributed by atoms with Crippen LogP contribution in [0, 0.1) is 5.92 Å². The number of primary amides is 1. The van der Waals surface area contributed by atoms with E-state index in [2.05, 4.69) is 0 Å². The predicted octanol–water partition coefficient (Wildman–Crippen LogP) is 2.45. The average Bonchev–Trinajstić information content (AvgIpc) is 2.48. The van der Waals surface area contributed by atoms with Crippen LogP contribution in [0.2, 0.25) is 0 Å². The van der Waals surface area contributed by atoms with Crippen molar-refractivity contribution < 1.29 is 9.90 Å². The third kappa shape index (κ3) is 3.93. The van der Waals surface area contributed by atoms with Crippen LogP contribution in [-0.4, -0.2) is 11.0 Å². The summed E-state index contributed by atoms with van der Waals surface area (Å²) in [5, 5.41) is 10.2. The second-order valence-electron chi connectivity index (χ2n) is 4.95. The summed E-state index contributed by atoms with van der Waals surface area (Å²) in [6.45, 7) is 0. The van der Waals surface area contributed by atoms with Crippen LogP contribution in [0.25, 0.3) is 0 Å². The summed E-state index contributed by atoms with van der Waals surface area (Å²) in [5.41, 5.74) is 7.33. The van der Waals surface area contributed by atoms with Gasteiger partial charge >= 0.3 is 0 Å². The summed E-state index contributed by atoms with van der Waals surface area (Å²) in [6.07, 6.45) is 0.228. The first-order valence-corrected chi connectivity index (χ1v) is 6.73. The van der Waals surface area contributed by atoms with E-state index in [-0.39, 0.29) is 11.8 Å². The Hall–Kier alpha value is -2.13. The van der Waals surface area contributed by atoms with E-state index in [0.717, 1.165) is 11.1 Å². The number of hydrogen-bond acceptors (Lipinski definition) is 2. The Labute approximate surface area is 119 Å². The highest BCUT2D eigenvalue weighted by Crippen LogP contribution is 2.23. The van der Waals surface area contributed by atoms with Gasteiger partial charge in [-0.25, -0.2) is 0 Å². The van der Waals surface area contributed by atoms with Crippen LogP contribution in [0.3, 0.4) is 0 Å². The average molecular weight is 269 g/mol. The minimum absolute atomic E-state index is 0.342. The van der Waals surface area contributed by atoms with Gasteiger partial charge in [0.1, 0.15) is 0 Å². The van der Waals surface area contributed by atoms with Crippen molar-refractivity contribution in [3.63, 3.8) is 0 Å². The predicted molar refractivity (Wildman–Crippen MR) is 78.8 cm³/mol. The first-order chi connectivity index (χ1) is 9.66. The molecule has 0 saturated heterocycles. The molecule has 0 aliphatic heterocycles. The molecule has 0 radical (unpaired) electrons. The van der Waals surface area contributed by atoms with E-state index < -0.39 is 6.10 Å². The van der Waals surface area contributed by atoms with E-state index >= 15 is 0 Å². The molecule has 1 amide bonds. The lowest BCUT2D eigenvalue weighted by molar-refractivity contribution is -0.122. The number of aliphatic hydroxyl groups is 1. The third-order valence-electron chi connectivity index (χ3n) is 3.42. The van der Waals surface area contributed by atoms with Crippen molar-refractivity contribution in [1.29, 1.82) is 0 Å². The molecule has 0 spiro atoms. The van der Waals surface area contributed by atoms with Crippen LogP contribution in [0.4, 0.5) is 0 Å². The number of nitrogens with two attached hydrogens (primary N) is 1. The molecular formula is C17H19NO2. The fraction of sp³-hybridized carbons (Fsp3) is 0.235. The molecule has 20 heavy (non-hydrogen) atoms. The highest BCUT2D eigenvalue weighted by atomic mass is 16.3. The first kappa shape index (κ1) is 14.3. The summed E-state index contributed by atoms with van der Waals surface area (Å²) in [6, 6.07) is 19.1. The second-order valence-corrected chi connectivity index (χ2v) is 4.95. The number of amides is 1. The minimum Gasteiger partial charge on any atom is -0.388 e. The summed E-state index contributed by atoms with van der Waals surface area (Å²) in [5.74, 6) is -0.739. The van der Waals surface area contributed by atoms with Crippen LogP contribution in [0.15, 0.2) is 60.7 Å². The van der Waals surface area contributed by atoms with Gasteiger partial charge in [-0.15, -0.1) is 0 Å².